The highest BCUT2D eigenvalue weighted by atomic mass is 35.5. The summed E-state index contributed by atoms with van der Waals surface area (Å²) in [7, 11) is 0. The molecule has 0 unspecified atom stereocenters. The van der Waals surface area contributed by atoms with Crippen LogP contribution in [0.2, 0.25) is 5.02 Å². The van der Waals surface area contributed by atoms with Gasteiger partial charge in [-0.05, 0) is 92.8 Å². The number of para-hydroxylation sites is 1. The van der Waals surface area contributed by atoms with Gasteiger partial charge in [-0.15, -0.1) is 0 Å². The molecule has 0 radical (unpaired) electrons. The first kappa shape index (κ1) is 29.8. The van der Waals surface area contributed by atoms with Crippen LogP contribution in [-0.2, 0) is 9.53 Å². The first-order chi connectivity index (χ1) is 19.6. The minimum Gasteiger partial charge on any atom is -0.494 e. The highest BCUT2D eigenvalue weighted by Crippen LogP contribution is 2.34. The Morgan fingerprint density at radius 2 is 1.80 bits per heavy atom. The van der Waals surface area contributed by atoms with Crippen molar-refractivity contribution in [2.45, 2.75) is 53.6 Å². The van der Waals surface area contributed by atoms with Crippen molar-refractivity contribution < 1.29 is 19.0 Å². The Kier molecular flexibility index (Phi) is 9.45. The first-order valence-electron chi connectivity index (χ1n) is 13.6. The molecular formula is C32H34ClN3O5. The number of hydrogen-bond acceptors (Lipinski definition) is 7. The summed E-state index contributed by atoms with van der Waals surface area (Å²) in [5.74, 6) is 1.28. The van der Waals surface area contributed by atoms with Crippen molar-refractivity contribution in [1.29, 1.82) is 0 Å². The molecule has 0 saturated heterocycles. The Morgan fingerprint density at radius 1 is 1.05 bits per heavy atom. The molecule has 0 bridgehead atoms. The Hall–Kier alpha value is -4.17. The fourth-order valence-electron chi connectivity index (χ4n) is 4.39. The van der Waals surface area contributed by atoms with Crippen molar-refractivity contribution in [2.24, 2.45) is 5.10 Å². The molecule has 0 aliphatic rings. The fourth-order valence-corrected chi connectivity index (χ4v) is 4.63. The van der Waals surface area contributed by atoms with E-state index in [0.29, 0.717) is 39.7 Å². The molecule has 4 aromatic rings. The van der Waals surface area contributed by atoms with Gasteiger partial charge in [-0.2, -0.15) is 9.78 Å². The summed E-state index contributed by atoms with van der Waals surface area (Å²) in [6, 6.07) is 16.3. The zero-order valence-electron chi connectivity index (χ0n) is 24.1. The summed E-state index contributed by atoms with van der Waals surface area (Å²) in [6.45, 7) is 12.3. The number of aryl methyl sites for hydroxylation is 1. The van der Waals surface area contributed by atoms with Crippen molar-refractivity contribution in [2.75, 3.05) is 13.2 Å². The number of fused-ring (bicyclic) bond motifs is 1. The molecule has 9 heteroatoms. The van der Waals surface area contributed by atoms with Gasteiger partial charge in [0, 0.05) is 5.56 Å². The predicted octanol–water partition coefficient (Wildman–Crippen LogP) is 6.76. The average molecular weight is 576 g/mol. The average Bonchev–Trinajstić information content (AvgIpc) is 2.94. The molecule has 0 saturated carbocycles. The van der Waals surface area contributed by atoms with Gasteiger partial charge in [0.2, 0.25) is 0 Å². The van der Waals surface area contributed by atoms with Crippen molar-refractivity contribution >= 4 is 34.7 Å². The monoisotopic (exact) mass is 575 g/mol. The van der Waals surface area contributed by atoms with Crippen LogP contribution in [0.25, 0.3) is 22.3 Å². The molecule has 0 N–H and O–H groups in total. The highest BCUT2D eigenvalue weighted by molar-refractivity contribution is 6.32. The van der Waals surface area contributed by atoms with Gasteiger partial charge in [-0.1, -0.05) is 37.6 Å². The molecule has 1 atom stereocenters. The number of halogens is 1. The van der Waals surface area contributed by atoms with Gasteiger partial charge in [-0.25, -0.2) is 9.78 Å². The van der Waals surface area contributed by atoms with E-state index in [4.69, 9.17) is 30.8 Å². The number of esters is 1. The van der Waals surface area contributed by atoms with Gasteiger partial charge in [-0.3, -0.25) is 4.79 Å². The van der Waals surface area contributed by atoms with E-state index < -0.39 is 12.1 Å². The maximum absolute atomic E-state index is 13.7. The molecule has 41 heavy (non-hydrogen) atoms. The summed E-state index contributed by atoms with van der Waals surface area (Å²) in [6.07, 6.45) is 0.726. The van der Waals surface area contributed by atoms with Crippen LogP contribution in [0.15, 0.2) is 64.5 Å². The van der Waals surface area contributed by atoms with Gasteiger partial charge < -0.3 is 14.2 Å². The van der Waals surface area contributed by atoms with E-state index in [0.717, 1.165) is 22.4 Å². The number of ether oxygens (including phenoxy) is 3. The molecule has 4 rings (SSSR count). The third kappa shape index (κ3) is 6.60. The molecule has 0 aliphatic heterocycles. The molecule has 214 valence electrons. The Balaban J connectivity index is 1.79. The van der Waals surface area contributed by atoms with E-state index in [1.54, 1.807) is 50.4 Å². The third-order valence-corrected chi connectivity index (χ3v) is 6.77. The number of carbonyl (C=O) groups is 1. The highest BCUT2D eigenvalue weighted by Gasteiger charge is 2.19. The standard InChI is InChI=1S/C32H34ClN3O5/c1-7-39-29-15-20(5)25(17-24(29)19(3)4)30-35-27-12-10-9-11-23(27)31(37)36(30)34-18-22-13-14-28(26(33)16-22)41-21(6)32(38)40-8-2/h9-19,21H,7-8H2,1-6H3/t21-/m1/s1. The topological polar surface area (TPSA) is 92.0 Å². The SMILES string of the molecule is CCOC(=O)[C@@H](C)Oc1ccc(C=Nn2c(-c3cc(C(C)C)c(OCC)cc3C)nc3ccccc3c2=O)cc1Cl. The molecule has 8 nitrogen and oxygen atoms in total. The number of hydrogen-bond donors (Lipinski definition) is 0. The molecule has 3 aromatic carbocycles. The zero-order valence-corrected chi connectivity index (χ0v) is 24.9. The molecule has 1 aromatic heterocycles. The number of rotatable bonds is 10. The van der Waals surface area contributed by atoms with E-state index >= 15 is 0 Å². The van der Waals surface area contributed by atoms with Crippen molar-refractivity contribution in [3.63, 3.8) is 0 Å². The van der Waals surface area contributed by atoms with Crippen LogP contribution in [0.1, 0.15) is 57.2 Å². The van der Waals surface area contributed by atoms with Crippen LogP contribution in [0, 0.1) is 6.92 Å². The lowest BCUT2D eigenvalue weighted by atomic mass is 9.96. The number of aromatic nitrogens is 2. The fraction of sp³-hybridized carbons (Fsp3) is 0.312. The third-order valence-electron chi connectivity index (χ3n) is 6.47. The van der Waals surface area contributed by atoms with Gasteiger partial charge in [0.05, 0.1) is 35.4 Å². The van der Waals surface area contributed by atoms with Crippen molar-refractivity contribution in [3.8, 4) is 22.9 Å². The quantitative estimate of drug-likeness (QED) is 0.153. The maximum Gasteiger partial charge on any atom is 0.347 e. The molecule has 0 aliphatic carbocycles. The Morgan fingerprint density at radius 3 is 2.49 bits per heavy atom. The molecular weight excluding hydrogens is 542 g/mol. The predicted molar refractivity (Wildman–Crippen MR) is 163 cm³/mol. The lowest BCUT2D eigenvalue weighted by molar-refractivity contribution is -0.150. The van der Waals surface area contributed by atoms with Crippen LogP contribution in [0.4, 0.5) is 0 Å². The molecule has 0 spiro atoms. The van der Waals surface area contributed by atoms with Gasteiger partial charge >= 0.3 is 5.97 Å². The van der Waals surface area contributed by atoms with Crippen molar-refractivity contribution in [3.05, 3.63) is 86.7 Å². The van der Waals surface area contributed by atoms with Crippen LogP contribution in [0.3, 0.4) is 0 Å². The van der Waals surface area contributed by atoms with Gasteiger partial charge in [0.25, 0.3) is 5.56 Å². The summed E-state index contributed by atoms with van der Waals surface area (Å²) in [5.41, 5.74) is 3.62. The van der Waals surface area contributed by atoms with E-state index in [1.165, 1.54) is 4.68 Å². The largest absolute Gasteiger partial charge is 0.494 e. The smallest absolute Gasteiger partial charge is 0.347 e. The van der Waals surface area contributed by atoms with Crippen molar-refractivity contribution in [1.82, 2.24) is 9.66 Å². The zero-order chi connectivity index (χ0) is 29.7. The van der Waals surface area contributed by atoms with E-state index in [-0.39, 0.29) is 18.1 Å². The lowest BCUT2D eigenvalue weighted by Gasteiger charge is -2.18. The van der Waals surface area contributed by atoms with E-state index in [1.807, 2.05) is 38.1 Å². The number of carbonyl (C=O) groups excluding carboxylic acids is 1. The van der Waals surface area contributed by atoms with Crippen LogP contribution >= 0.6 is 11.6 Å². The van der Waals surface area contributed by atoms with Gasteiger partial charge in [0.15, 0.2) is 11.9 Å². The molecule has 0 amide bonds. The second-order valence-electron chi connectivity index (χ2n) is 9.81. The Bertz CT molecular complexity index is 1660. The number of benzene rings is 3. The van der Waals surface area contributed by atoms with Gasteiger partial charge in [0.1, 0.15) is 11.5 Å². The van der Waals surface area contributed by atoms with E-state index in [2.05, 4.69) is 18.9 Å². The lowest BCUT2D eigenvalue weighted by Crippen LogP contribution is -2.26. The van der Waals surface area contributed by atoms with E-state index in [9.17, 15) is 9.59 Å². The summed E-state index contributed by atoms with van der Waals surface area (Å²) in [4.78, 5) is 30.5. The minimum absolute atomic E-state index is 0.189. The summed E-state index contributed by atoms with van der Waals surface area (Å²) >= 11 is 6.45. The maximum atomic E-state index is 13.7. The van der Waals surface area contributed by atoms with Crippen LogP contribution < -0.4 is 15.0 Å². The first-order valence-corrected chi connectivity index (χ1v) is 14.0. The summed E-state index contributed by atoms with van der Waals surface area (Å²) in [5, 5.41) is 5.32. The summed E-state index contributed by atoms with van der Waals surface area (Å²) < 4.78 is 17.9. The molecule has 0 fully saturated rings. The minimum atomic E-state index is -0.815. The Labute approximate surface area is 244 Å². The molecule has 1 heterocycles. The second-order valence-corrected chi connectivity index (χ2v) is 10.2. The van der Waals surface area contributed by atoms with Crippen LogP contribution in [0.5, 0.6) is 11.5 Å². The second kappa shape index (κ2) is 13.0. The number of nitrogens with zero attached hydrogens (tertiary/aromatic N) is 3. The van der Waals surface area contributed by atoms with Crippen LogP contribution in [-0.4, -0.2) is 41.2 Å². The normalized spacial score (nSPS) is 12.2.